The van der Waals surface area contributed by atoms with Crippen LogP contribution in [0.3, 0.4) is 0 Å². The molecular weight excluding hydrogens is 450 g/mol. The maximum absolute atomic E-state index is 11.4. The molecule has 0 saturated carbocycles. The van der Waals surface area contributed by atoms with Gasteiger partial charge in [0.05, 0.1) is 10.4 Å². The van der Waals surface area contributed by atoms with Crippen molar-refractivity contribution in [2.45, 2.75) is 4.90 Å². The average Bonchev–Trinajstić information content (AvgIpc) is 2.84. The minimum atomic E-state index is -3.73. The number of nitrogens with one attached hydrogen (secondary N) is 1. The second-order valence-corrected chi connectivity index (χ2v) is 9.92. The Bertz CT molecular complexity index is 1420. The molecule has 1 aliphatic heterocycles. The first-order chi connectivity index (χ1) is 16.3. The molecule has 3 heterocycles. The van der Waals surface area contributed by atoms with Gasteiger partial charge in [0.1, 0.15) is 5.82 Å². The van der Waals surface area contributed by atoms with Crippen molar-refractivity contribution in [1.29, 1.82) is 0 Å². The Balaban J connectivity index is 1.35. The number of nitrogens with zero attached hydrogens (tertiary/aromatic N) is 5. The third-order valence-electron chi connectivity index (χ3n) is 5.93. The molecule has 174 valence electrons. The molecule has 1 saturated heterocycles. The molecule has 9 nitrogen and oxygen atoms in total. The predicted octanol–water partition coefficient (Wildman–Crippen LogP) is 2.83. The quantitative estimate of drug-likeness (QED) is 0.453. The van der Waals surface area contributed by atoms with Gasteiger partial charge in [-0.25, -0.2) is 28.5 Å². The van der Waals surface area contributed by atoms with Crippen LogP contribution in [-0.2, 0) is 10.0 Å². The second kappa shape index (κ2) is 8.98. The Hall–Kier alpha value is -3.60. The summed E-state index contributed by atoms with van der Waals surface area (Å²) in [6, 6.07) is 16.3. The van der Waals surface area contributed by atoms with Crippen LogP contribution in [0.5, 0.6) is 0 Å². The number of likely N-dealkylation sites (N-methyl/N-ethyl adjacent to an activating group) is 1. The number of anilines is 3. The van der Waals surface area contributed by atoms with Gasteiger partial charge in [-0.15, -0.1) is 0 Å². The van der Waals surface area contributed by atoms with Gasteiger partial charge in [0.15, 0.2) is 0 Å². The molecule has 3 N–H and O–H groups in total. The molecule has 0 spiro atoms. The van der Waals surface area contributed by atoms with Crippen molar-refractivity contribution in [3.63, 3.8) is 0 Å². The van der Waals surface area contributed by atoms with Crippen molar-refractivity contribution in [3.05, 3.63) is 67.0 Å². The highest BCUT2D eigenvalue weighted by Gasteiger charge is 2.15. The summed E-state index contributed by atoms with van der Waals surface area (Å²) in [6.07, 6.45) is 3.66. The van der Waals surface area contributed by atoms with Crippen LogP contribution < -0.4 is 15.4 Å². The molecule has 0 unspecified atom stereocenters. The van der Waals surface area contributed by atoms with Crippen LogP contribution in [-0.4, -0.2) is 61.5 Å². The first-order valence-corrected chi connectivity index (χ1v) is 12.5. The summed E-state index contributed by atoms with van der Waals surface area (Å²) in [6.45, 7) is 4.05. The van der Waals surface area contributed by atoms with Crippen molar-refractivity contribution >= 4 is 38.4 Å². The van der Waals surface area contributed by atoms with E-state index < -0.39 is 10.0 Å². The number of hydrogen-bond acceptors (Lipinski definition) is 8. The van der Waals surface area contributed by atoms with Crippen molar-refractivity contribution < 1.29 is 8.42 Å². The second-order valence-electron chi connectivity index (χ2n) is 8.36. The molecule has 2 aromatic heterocycles. The molecule has 0 bridgehead atoms. The Labute approximate surface area is 198 Å². The van der Waals surface area contributed by atoms with Crippen LogP contribution in [0.2, 0.25) is 0 Å². The van der Waals surface area contributed by atoms with Gasteiger partial charge in [0, 0.05) is 55.2 Å². The van der Waals surface area contributed by atoms with Crippen molar-refractivity contribution in [3.8, 4) is 11.1 Å². The summed E-state index contributed by atoms with van der Waals surface area (Å²) in [7, 11) is -1.59. The van der Waals surface area contributed by atoms with Crippen LogP contribution in [0.1, 0.15) is 0 Å². The maximum atomic E-state index is 11.4. The predicted molar refractivity (Wildman–Crippen MR) is 134 cm³/mol. The summed E-state index contributed by atoms with van der Waals surface area (Å²) >= 11 is 0. The summed E-state index contributed by atoms with van der Waals surface area (Å²) in [5.74, 6) is 1.41. The zero-order valence-corrected chi connectivity index (χ0v) is 19.5. The highest BCUT2D eigenvalue weighted by molar-refractivity contribution is 7.89. The number of benzene rings is 2. The summed E-state index contributed by atoms with van der Waals surface area (Å²) < 4.78 is 22.9. The lowest BCUT2D eigenvalue weighted by atomic mass is 10.1. The molecule has 34 heavy (non-hydrogen) atoms. The molecule has 1 aliphatic rings. The minimum Gasteiger partial charge on any atom is -0.354 e. The first-order valence-electron chi connectivity index (χ1n) is 10.9. The van der Waals surface area contributed by atoms with E-state index in [1.807, 2.05) is 24.4 Å². The lowest BCUT2D eigenvalue weighted by Crippen LogP contribution is -2.44. The monoisotopic (exact) mass is 475 g/mol. The van der Waals surface area contributed by atoms with Gasteiger partial charge in [-0.1, -0.05) is 12.1 Å². The number of piperazine rings is 1. The van der Waals surface area contributed by atoms with Crippen LogP contribution in [0.4, 0.5) is 17.5 Å². The smallest absolute Gasteiger partial charge is 0.238 e. The summed E-state index contributed by atoms with van der Waals surface area (Å²) in [5.41, 5.74) is 3.49. The van der Waals surface area contributed by atoms with Gasteiger partial charge < -0.3 is 15.1 Å². The van der Waals surface area contributed by atoms with E-state index in [9.17, 15) is 8.42 Å². The summed E-state index contributed by atoms with van der Waals surface area (Å²) in [4.78, 5) is 18.4. The fourth-order valence-electron chi connectivity index (χ4n) is 3.90. The SMILES string of the molecule is CN1CCN(c2ccc(-c3ccc4cnc(Nc5ccc(S(N)(=O)=O)cc5)nc4c3)cn2)CC1. The van der Waals surface area contributed by atoms with E-state index in [2.05, 4.69) is 44.3 Å². The maximum Gasteiger partial charge on any atom is 0.238 e. The Morgan fingerprint density at radius 3 is 2.29 bits per heavy atom. The van der Waals surface area contributed by atoms with E-state index >= 15 is 0 Å². The number of fused-ring (bicyclic) bond motifs is 1. The fourth-order valence-corrected chi connectivity index (χ4v) is 4.42. The number of primary sulfonamides is 1. The molecule has 0 atom stereocenters. The Morgan fingerprint density at radius 2 is 1.62 bits per heavy atom. The molecular formula is C24H25N7O2S. The van der Waals surface area contributed by atoms with Crippen LogP contribution in [0.15, 0.2) is 71.9 Å². The molecule has 1 fully saturated rings. The van der Waals surface area contributed by atoms with E-state index in [0.717, 1.165) is 54.0 Å². The molecule has 2 aromatic carbocycles. The van der Waals surface area contributed by atoms with Gasteiger partial charge in [-0.3, -0.25) is 0 Å². The molecule has 4 aromatic rings. The zero-order chi connectivity index (χ0) is 23.7. The number of hydrogen-bond donors (Lipinski definition) is 2. The Kier molecular flexibility index (Phi) is 5.86. The fraction of sp³-hybridized carbons (Fsp3) is 0.208. The number of sulfonamides is 1. The van der Waals surface area contributed by atoms with Crippen LogP contribution in [0.25, 0.3) is 22.0 Å². The van der Waals surface area contributed by atoms with Crippen molar-refractivity contribution in [2.75, 3.05) is 43.4 Å². The lowest BCUT2D eigenvalue weighted by molar-refractivity contribution is 0.312. The number of rotatable bonds is 5. The zero-order valence-electron chi connectivity index (χ0n) is 18.7. The highest BCUT2D eigenvalue weighted by Crippen LogP contribution is 2.26. The minimum absolute atomic E-state index is 0.0503. The van der Waals surface area contributed by atoms with Gasteiger partial charge in [-0.2, -0.15) is 0 Å². The normalized spacial score (nSPS) is 14.9. The van der Waals surface area contributed by atoms with Crippen molar-refractivity contribution in [1.82, 2.24) is 19.9 Å². The number of aromatic nitrogens is 3. The Morgan fingerprint density at radius 1 is 0.882 bits per heavy atom. The van der Waals surface area contributed by atoms with Gasteiger partial charge >= 0.3 is 0 Å². The lowest BCUT2D eigenvalue weighted by Gasteiger charge is -2.33. The molecule has 0 aliphatic carbocycles. The largest absolute Gasteiger partial charge is 0.354 e. The van der Waals surface area contributed by atoms with E-state index in [1.54, 1.807) is 18.3 Å². The van der Waals surface area contributed by atoms with Crippen LogP contribution in [0, 0.1) is 0 Å². The van der Waals surface area contributed by atoms with Gasteiger partial charge in [-0.05, 0) is 55.1 Å². The van der Waals surface area contributed by atoms with Gasteiger partial charge in [0.2, 0.25) is 16.0 Å². The number of nitrogens with two attached hydrogens (primary N) is 1. The van der Waals surface area contributed by atoms with E-state index in [-0.39, 0.29) is 4.90 Å². The average molecular weight is 476 g/mol. The van der Waals surface area contributed by atoms with E-state index in [0.29, 0.717) is 11.6 Å². The molecule has 0 radical (unpaired) electrons. The van der Waals surface area contributed by atoms with Crippen molar-refractivity contribution in [2.24, 2.45) is 5.14 Å². The summed E-state index contributed by atoms with van der Waals surface area (Å²) in [5, 5.41) is 9.17. The highest BCUT2D eigenvalue weighted by atomic mass is 32.2. The van der Waals surface area contributed by atoms with Gasteiger partial charge in [0.25, 0.3) is 0 Å². The van der Waals surface area contributed by atoms with E-state index in [1.165, 1.54) is 12.1 Å². The molecule has 5 rings (SSSR count). The number of pyridine rings is 1. The topological polar surface area (TPSA) is 117 Å². The standard InChI is InChI=1S/C24H25N7O2S/c1-30-10-12-31(13-11-30)23-9-4-18(15-26-23)17-2-3-19-16-27-24(29-22(19)14-17)28-20-5-7-21(8-6-20)34(25,32)33/h2-9,14-16H,10-13H2,1H3,(H2,25,32,33)(H,27,28,29). The van der Waals surface area contributed by atoms with E-state index in [4.69, 9.17) is 10.1 Å². The molecule has 10 heteroatoms. The van der Waals surface area contributed by atoms with Crippen LogP contribution >= 0.6 is 0 Å². The molecule has 0 amide bonds. The third kappa shape index (κ3) is 4.84. The third-order valence-corrected chi connectivity index (χ3v) is 6.86. The first kappa shape index (κ1) is 22.2.